The standard InChI is InChI=1S/C10H18N4S/c1-7(5-15-4)14(3)10-8(2)9(11)12-6-13-10/h6-7H,5H2,1-4H3,(H2,11,12,13). The summed E-state index contributed by atoms with van der Waals surface area (Å²) in [6.45, 7) is 4.13. The number of nitrogens with zero attached hydrogens (tertiary/aromatic N) is 3. The number of hydrogen-bond acceptors (Lipinski definition) is 5. The van der Waals surface area contributed by atoms with E-state index in [1.807, 2.05) is 25.7 Å². The molecule has 1 aromatic heterocycles. The fourth-order valence-corrected chi connectivity index (χ4v) is 2.08. The highest BCUT2D eigenvalue weighted by molar-refractivity contribution is 7.98. The van der Waals surface area contributed by atoms with E-state index in [0.717, 1.165) is 17.1 Å². The first-order chi connectivity index (χ1) is 7.07. The molecule has 1 aromatic rings. The van der Waals surface area contributed by atoms with Crippen LogP contribution in [0.4, 0.5) is 11.6 Å². The monoisotopic (exact) mass is 226 g/mol. The number of anilines is 2. The zero-order valence-corrected chi connectivity index (χ0v) is 10.5. The van der Waals surface area contributed by atoms with Crippen molar-refractivity contribution in [2.45, 2.75) is 19.9 Å². The van der Waals surface area contributed by atoms with Crippen LogP contribution in [0, 0.1) is 6.92 Å². The molecule has 4 nitrogen and oxygen atoms in total. The fourth-order valence-electron chi connectivity index (χ4n) is 1.37. The summed E-state index contributed by atoms with van der Waals surface area (Å²) in [6.07, 6.45) is 3.62. The van der Waals surface area contributed by atoms with Gasteiger partial charge in [0.15, 0.2) is 0 Å². The number of nitrogens with two attached hydrogens (primary N) is 1. The number of thioether (sulfide) groups is 1. The van der Waals surface area contributed by atoms with Crippen molar-refractivity contribution in [2.75, 3.05) is 29.7 Å². The lowest BCUT2D eigenvalue weighted by molar-refractivity contribution is 0.748. The lowest BCUT2D eigenvalue weighted by Crippen LogP contribution is -2.32. The van der Waals surface area contributed by atoms with Crippen molar-refractivity contribution in [3.05, 3.63) is 11.9 Å². The molecule has 2 N–H and O–H groups in total. The third-order valence-corrected chi connectivity index (χ3v) is 3.32. The van der Waals surface area contributed by atoms with Crippen molar-refractivity contribution in [1.29, 1.82) is 0 Å². The largest absolute Gasteiger partial charge is 0.383 e. The molecule has 5 heteroatoms. The fraction of sp³-hybridized carbons (Fsp3) is 0.600. The van der Waals surface area contributed by atoms with Crippen LogP contribution in [0.5, 0.6) is 0 Å². The van der Waals surface area contributed by atoms with E-state index in [-0.39, 0.29) is 0 Å². The summed E-state index contributed by atoms with van der Waals surface area (Å²) in [6, 6.07) is 0.438. The molecule has 84 valence electrons. The number of rotatable bonds is 4. The summed E-state index contributed by atoms with van der Waals surface area (Å²) in [7, 11) is 2.04. The van der Waals surface area contributed by atoms with E-state index in [9.17, 15) is 0 Å². The van der Waals surface area contributed by atoms with Gasteiger partial charge in [-0.25, -0.2) is 9.97 Å². The Labute approximate surface area is 95.3 Å². The highest BCUT2D eigenvalue weighted by Gasteiger charge is 2.14. The van der Waals surface area contributed by atoms with E-state index in [1.165, 1.54) is 6.33 Å². The Kier molecular flexibility index (Phi) is 4.20. The Morgan fingerprint density at radius 3 is 2.80 bits per heavy atom. The van der Waals surface area contributed by atoms with Crippen LogP contribution in [0.3, 0.4) is 0 Å². The minimum absolute atomic E-state index is 0.438. The van der Waals surface area contributed by atoms with Gasteiger partial charge in [-0.2, -0.15) is 11.8 Å². The summed E-state index contributed by atoms with van der Waals surface area (Å²) >= 11 is 1.83. The Morgan fingerprint density at radius 2 is 2.20 bits per heavy atom. The topological polar surface area (TPSA) is 55.0 Å². The van der Waals surface area contributed by atoms with Gasteiger partial charge in [-0.3, -0.25) is 0 Å². The maximum Gasteiger partial charge on any atom is 0.137 e. The smallest absolute Gasteiger partial charge is 0.137 e. The minimum atomic E-state index is 0.438. The van der Waals surface area contributed by atoms with E-state index in [2.05, 4.69) is 28.0 Å². The number of hydrogen-bond donors (Lipinski definition) is 1. The van der Waals surface area contributed by atoms with Gasteiger partial charge in [-0.05, 0) is 20.1 Å². The molecule has 0 radical (unpaired) electrons. The average molecular weight is 226 g/mol. The molecule has 15 heavy (non-hydrogen) atoms. The maximum atomic E-state index is 5.75. The van der Waals surface area contributed by atoms with Gasteiger partial charge in [-0.15, -0.1) is 0 Å². The van der Waals surface area contributed by atoms with Gasteiger partial charge in [-0.1, -0.05) is 0 Å². The van der Waals surface area contributed by atoms with Crippen molar-refractivity contribution >= 4 is 23.4 Å². The van der Waals surface area contributed by atoms with Gasteiger partial charge in [0, 0.05) is 24.4 Å². The highest BCUT2D eigenvalue weighted by atomic mass is 32.2. The molecule has 1 atom stereocenters. The number of aromatic nitrogens is 2. The molecule has 1 heterocycles. The summed E-state index contributed by atoms with van der Waals surface area (Å²) in [5.74, 6) is 2.55. The molecular formula is C10H18N4S. The summed E-state index contributed by atoms with van der Waals surface area (Å²) < 4.78 is 0. The van der Waals surface area contributed by atoms with Crippen molar-refractivity contribution in [3.8, 4) is 0 Å². The zero-order valence-electron chi connectivity index (χ0n) is 9.69. The lowest BCUT2D eigenvalue weighted by Gasteiger charge is -2.26. The first-order valence-electron chi connectivity index (χ1n) is 4.86. The van der Waals surface area contributed by atoms with Gasteiger partial charge in [0.25, 0.3) is 0 Å². The molecule has 0 amide bonds. The Hall–Kier alpha value is -0.970. The van der Waals surface area contributed by atoms with Crippen molar-refractivity contribution in [2.24, 2.45) is 0 Å². The van der Waals surface area contributed by atoms with Crippen LogP contribution in [0.25, 0.3) is 0 Å². The Morgan fingerprint density at radius 1 is 1.53 bits per heavy atom. The molecule has 0 saturated heterocycles. The summed E-state index contributed by atoms with van der Waals surface area (Å²) in [5, 5.41) is 0. The van der Waals surface area contributed by atoms with Crippen LogP contribution in [0.15, 0.2) is 6.33 Å². The third-order valence-electron chi connectivity index (χ3n) is 2.50. The van der Waals surface area contributed by atoms with E-state index in [4.69, 9.17) is 5.73 Å². The van der Waals surface area contributed by atoms with Crippen LogP contribution >= 0.6 is 11.8 Å². The molecule has 0 spiro atoms. The third kappa shape index (κ3) is 2.75. The minimum Gasteiger partial charge on any atom is -0.383 e. The lowest BCUT2D eigenvalue weighted by atomic mass is 10.2. The van der Waals surface area contributed by atoms with Crippen LogP contribution in [0.2, 0.25) is 0 Å². The van der Waals surface area contributed by atoms with E-state index in [1.54, 1.807) is 0 Å². The molecule has 0 aliphatic carbocycles. The first-order valence-corrected chi connectivity index (χ1v) is 6.26. The molecule has 0 aromatic carbocycles. The van der Waals surface area contributed by atoms with Crippen LogP contribution in [-0.4, -0.2) is 35.1 Å². The molecule has 0 bridgehead atoms. The van der Waals surface area contributed by atoms with Gasteiger partial charge in [0.05, 0.1) is 0 Å². The summed E-state index contributed by atoms with van der Waals surface area (Å²) in [5.41, 5.74) is 6.70. The van der Waals surface area contributed by atoms with Crippen molar-refractivity contribution in [1.82, 2.24) is 9.97 Å². The quantitative estimate of drug-likeness (QED) is 0.844. The molecule has 0 saturated carbocycles. The number of nitrogen functional groups attached to an aromatic ring is 1. The van der Waals surface area contributed by atoms with Gasteiger partial charge < -0.3 is 10.6 Å². The van der Waals surface area contributed by atoms with Gasteiger partial charge >= 0.3 is 0 Å². The predicted molar refractivity (Wildman–Crippen MR) is 67.4 cm³/mol. The normalized spacial score (nSPS) is 12.5. The molecule has 0 aliphatic rings. The van der Waals surface area contributed by atoms with Crippen molar-refractivity contribution in [3.63, 3.8) is 0 Å². The second kappa shape index (κ2) is 5.21. The summed E-state index contributed by atoms with van der Waals surface area (Å²) in [4.78, 5) is 10.4. The van der Waals surface area contributed by atoms with Crippen molar-refractivity contribution < 1.29 is 0 Å². The van der Waals surface area contributed by atoms with E-state index < -0.39 is 0 Å². The van der Waals surface area contributed by atoms with E-state index in [0.29, 0.717) is 11.9 Å². The average Bonchev–Trinajstić information content (AvgIpc) is 2.21. The molecule has 0 fully saturated rings. The van der Waals surface area contributed by atoms with Crippen LogP contribution in [0.1, 0.15) is 12.5 Å². The SMILES string of the molecule is CSCC(C)N(C)c1ncnc(N)c1C. The highest BCUT2D eigenvalue weighted by Crippen LogP contribution is 2.21. The Balaban J connectivity index is 2.90. The second-order valence-electron chi connectivity index (χ2n) is 3.62. The Bertz CT molecular complexity index is 329. The van der Waals surface area contributed by atoms with Gasteiger partial charge in [0.1, 0.15) is 18.0 Å². The van der Waals surface area contributed by atoms with Crippen LogP contribution < -0.4 is 10.6 Å². The predicted octanol–water partition coefficient (Wildman–Crippen LogP) is 1.55. The molecule has 0 aliphatic heterocycles. The first kappa shape index (κ1) is 12.1. The van der Waals surface area contributed by atoms with E-state index >= 15 is 0 Å². The zero-order chi connectivity index (χ0) is 11.4. The molecule has 1 unspecified atom stereocenters. The van der Waals surface area contributed by atoms with Gasteiger partial charge in [0.2, 0.25) is 0 Å². The maximum absolute atomic E-state index is 5.75. The molecular weight excluding hydrogens is 208 g/mol. The van der Waals surface area contributed by atoms with Crippen LogP contribution in [-0.2, 0) is 0 Å². The molecule has 1 rings (SSSR count). The second-order valence-corrected chi connectivity index (χ2v) is 4.53.